The van der Waals surface area contributed by atoms with E-state index in [1.54, 1.807) is 37.3 Å². The van der Waals surface area contributed by atoms with Gasteiger partial charge in [-0.25, -0.2) is 9.18 Å². The number of benzene rings is 3. The van der Waals surface area contributed by atoms with Crippen LogP contribution in [-0.4, -0.2) is 11.8 Å². The molecular weight excluding hydrogens is 399 g/mol. The fourth-order valence-electron chi connectivity index (χ4n) is 3.52. The molecule has 0 N–H and O–H groups in total. The van der Waals surface area contributed by atoms with Crippen molar-refractivity contribution in [3.8, 4) is 11.5 Å². The first-order chi connectivity index (χ1) is 15.0. The standard InChI is InChI=1S/C25H15FO5/c1-14-9-18(29-25(28)22-12-16-6-2-3-8-19(16)30-22)13-20-23(14)24(27)21(31-20)11-15-5-4-7-17(26)10-15/h2-13H,1H3/b21-11-. The zero-order valence-corrected chi connectivity index (χ0v) is 16.3. The molecule has 0 aliphatic carbocycles. The maximum atomic E-state index is 13.4. The zero-order valence-electron chi connectivity index (χ0n) is 16.3. The molecule has 5 rings (SSSR count). The lowest BCUT2D eigenvalue weighted by Crippen LogP contribution is -2.07. The minimum Gasteiger partial charge on any atom is -0.452 e. The number of para-hydroxylation sites is 1. The van der Waals surface area contributed by atoms with Crippen LogP contribution in [0.4, 0.5) is 4.39 Å². The maximum absolute atomic E-state index is 13.4. The molecule has 0 fully saturated rings. The Hall–Kier alpha value is -4.19. The summed E-state index contributed by atoms with van der Waals surface area (Å²) in [4.78, 5) is 25.3. The van der Waals surface area contributed by atoms with Crippen LogP contribution in [0, 0.1) is 12.7 Å². The molecule has 0 bridgehead atoms. The largest absolute Gasteiger partial charge is 0.452 e. The molecule has 1 aromatic heterocycles. The Morgan fingerprint density at radius 2 is 1.87 bits per heavy atom. The predicted octanol–water partition coefficient (Wildman–Crippen LogP) is 5.72. The van der Waals surface area contributed by atoms with Gasteiger partial charge in [-0.05, 0) is 54.5 Å². The van der Waals surface area contributed by atoms with E-state index in [0.717, 1.165) is 5.39 Å². The molecule has 0 saturated heterocycles. The predicted molar refractivity (Wildman–Crippen MR) is 112 cm³/mol. The molecule has 0 amide bonds. The second-order valence-corrected chi connectivity index (χ2v) is 7.15. The van der Waals surface area contributed by atoms with E-state index in [2.05, 4.69) is 0 Å². The lowest BCUT2D eigenvalue weighted by atomic mass is 10.0. The number of ketones is 1. The third-order valence-electron chi connectivity index (χ3n) is 4.93. The van der Waals surface area contributed by atoms with E-state index in [0.29, 0.717) is 22.3 Å². The van der Waals surface area contributed by atoms with Crippen molar-refractivity contribution in [2.24, 2.45) is 0 Å². The Kier molecular flexibility index (Phi) is 4.40. The molecule has 31 heavy (non-hydrogen) atoms. The van der Waals surface area contributed by atoms with Crippen molar-refractivity contribution in [3.63, 3.8) is 0 Å². The Morgan fingerprint density at radius 3 is 2.68 bits per heavy atom. The number of fused-ring (bicyclic) bond motifs is 2. The number of esters is 1. The van der Waals surface area contributed by atoms with Gasteiger partial charge in [-0.1, -0.05) is 30.3 Å². The molecule has 152 valence electrons. The van der Waals surface area contributed by atoms with Crippen molar-refractivity contribution in [2.75, 3.05) is 0 Å². The second-order valence-electron chi connectivity index (χ2n) is 7.15. The van der Waals surface area contributed by atoms with E-state index in [9.17, 15) is 14.0 Å². The summed E-state index contributed by atoms with van der Waals surface area (Å²) in [6.07, 6.45) is 1.48. The van der Waals surface area contributed by atoms with Gasteiger partial charge in [0, 0.05) is 11.5 Å². The van der Waals surface area contributed by atoms with Gasteiger partial charge in [0.1, 0.15) is 22.9 Å². The summed E-state index contributed by atoms with van der Waals surface area (Å²) in [6, 6.07) is 17.8. The van der Waals surface area contributed by atoms with E-state index in [1.165, 1.54) is 24.3 Å². The summed E-state index contributed by atoms with van der Waals surface area (Å²) >= 11 is 0. The van der Waals surface area contributed by atoms with Gasteiger partial charge in [0.05, 0.1) is 5.56 Å². The minimum atomic E-state index is -0.657. The van der Waals surface area contributed by atoms with Gasteiger partial charge in [-0.2, -0.15) is 0 Å². The molecule has 0 radical (unpaired) electrons. The summed E-state index contributed by atoms with van der Waals surface area (Å²) < 4.78 is 30.1. The molecule has 6 heteroatoms. The van der Waals surface area contributed by atoms with Crippen LogP contribution in [0.3, 0.4) is 0 Å². The molecule has 1 aliphatic rings. The molecule has 2 heterocycles. The van der Waals surface area contributed by atoms with E-state index in [1.807, 2.05) is 18.2 Å². The van der Waals surface area contributed by atoms with Gasteiger partial charge >= 0.3 is 5.97 Å². The SMILES string of the molecule is Cc1cc(OC(=O)c2cc3ccccc3o2)cc2c1C(=O)/C(=C/c1cccc(F)c1)O2. The number of hydrogen-bond acceptors (Lipinski definition) is 5. The normalized spacial score (nSPS) is 14.0. The summed E-state index contributed by atoms with van der Waals surface area (Å²) in [5.74, 6) is -0.732. The number of halogens is 1. The average Bonchev–Trinajstić information content (AvgIpc) is 3.30. The number of carbonyl (C=O) groups is 2. The van der Waals surface area contributed by atoms with Gasteiger partial charge in [-0.15, -0.1) is 0 Å². The zero-order chi connectivity index (χ0) is 21.5. The first-order valence-electron chi connectivity index (χ1n) is 9.53. The Morgan fingerprint density at radius 1 is 1.03 bits per heavy atom. The third-order valence-corrected chi connectivity index (χ3v) is 4.93. The van der Waals surface area contributed by atoms with Crippen LogP contribution in [0.25, 0.3) is 17.0 Å². The van der Waals surface area contributed by atoms with Crippen LogP contribution in [0.15, 0.2) is 76.9 Å². The van der Waals surface area contributed by atoms with Crippen LogP contribution in [0.1, 0.15) is 32.0 Å². The number of furan rings is 1. The molecule has 0 saturated carbocycles. The summed E-state index contributed by atoms with van der Waals surface area (Å²) in [5, 5.41) is 0.792. The maximum Gasteiger partial charge on any atom is 0.379 e. The highest BCUT2D eigenvalue weighted by molar-refractivity contribution is 6.15. The van der Waals surface area contributed by atoms with Gasteiger partial charge in [-0.3, -0.25) is 4.79 Å². The van der Waals surface area contributed by atoms with E-state index in [-0.39, 0.29) is 28.8 Å². The first-order valence-corrected chi connectivity index (χ1v) is 9.53. The van der Waals surface area contributed by atoms with Gasteiger partial charge in [0.25, 0.3) is 0 Å². The minimum absolute atomic E-state index is 0.0723. The van der Waals surface area contributed by atoms with E-state index >= 15 is 0 Å². The highest BCUT2D eigenvalue weighted by atomic mass is 19.1. The number of rotatable bonds is 3. The molecule has 1 aliphatic heterocycles. The monoisotopic (exact) mass is 414 g/mol. The van der Waals surface area contributed by atoms with Crippen LogP contribution in [-0.2, 0) is 0 Å². The summed E-state index contributed by atoms with van der Waals surface area (Å²) in [7, 11) is 0. The van der Waals surface area contributed by atoms with Crippen molar-refractivity contribution in [2.45, 2.75) is 6.92 Å². The highest BCUT2D eigenvalue weighted by Crippen LogP contribution is 2.38. The van der Waals surface area contributed by atoms with E-state index < -0.39 is 11.8 Å². The molecule has 0 unspecified atom stereocenters. The Labute approximate surface area is 176 Å². The summed E-state index contributed by atoms with van der Waals surface area (Å²) in [6.45, 7) is 1.73. The molecule has 5 nitrogen and oxygen atoms in total. The number of hydrogen-bond donors (Lipinski definition) is 0. The number of allylic oxidation sites excluding steroid dienone is 1. The van der Waals surface area contributed by atoms with Crippen LogP contribution in [0.2, 0.25) is 0 Å². The number of ether oxygens (including phenoxy) is 2. The van der Waals surface area contributed by atoms with Crippen molar-refractivity contribution in [3.05, 3.63) is 101 Å². The fourth-order valence-corrected chi connectivity index (χ4v) is 3.52. The van der Waals surface area contributed by atoms with Gasteiger partial charge in [0.15, 0.2) is 5.76 Å². The van der Waals surface area contributed by atoms with Crippen molar-refractivity contribution in [1.29, 1.82) is 0 Å². The van der Waals surface area contributed by atoms with Crippen molar-refractivity contribution >= 4 is 28.8 Å². The van der Waals surface area contributed by atoms with Gasteiger partial charge < -0.3 is 13.9 Å². The first kappa shape index (κ1) is 18.8. The third kappa shape index (κ3) is 3.48. The highest BCUT2D eigenvalue weighted by Gasteiger charge is 2.30. The second kappa shape index (κ2) is 7.25. The summed E-state index contributed by atoms with van der Waals surface area (Å²) in [5.41, 5.74) is 2.06. The quantitative estimate of drug-likeness (QED) is 0.244. The van der Waals surface area contributed by atoms with Crippen LogP contribution < -0.4 is 9.47 Å². The van der Waals surface area contributed by atoms with Crippen LogP contribution >= 0.6 is 0 Å². The molecule has 0 atom stereocenters. The Bertz CT molecular complexity index is 1360. The lowest BCUT2D eigenvalue weighted by molar-refractivity contribution is 0.0703. The lowest BCUT2D eigenvalue weighted by Gasteiger charge is -2.06. The fraction of sp³-hybridized carbons (Fsp3) is 0.0400. The Balaban J connectivity index is 1.42. The number of Topliss-reactive ketones (excluding diaryl/α,β-unsaturated/α-hetero) is 1. The van der Waals surface area contributed by atoms with Crippen molar-refractivity contribution in [1.82, 2.24) is 0 Å². The van der Waals surface area contributed by atoms with Crippen molar-refractivity contribution < 1.29 is 27.9 Å². The smallest absolute Gasteiger partial charge is 0.379 e. The number of carbonyl (C=O) groups excluding carboxylic acids is 2. The average molecular weight is 414 g/mol. The molecular formula is C25H15FO5. The molecule has 4 aromatic rings. The molecule has 3 aromatic carbocycles. The topological polar surface area (TPSA) is 65.7 Å². The molecule has 0 spiro atoms. The van der Waals surface area contributed by atoms with Gasteiger partial charge in [0.2, 0.25) is 11.5 Å². The van der Waals surface area contributed by atoms with Crippen LogP contribution in [0.5, 0.6) is 11.5 Å². The number of aryl methyl sites for hydroxylation is 1. The van der Waals surface area contributed by atoms with E-state index in [4.69, 9.17) is 13.9 Å².